The molecule has 0 saturated carbocycles. The Labute approximate surface area is 151 Å². The molecule has 0 bridgehead atoms. The van der Waals surface area contributed by atoms with E-state index in [2.05, 4.69) is 55.6 Å². The first-order chi connectivity index (χ1) is 11.9. The zero-order chi connectivity index (χ0) is 16.8. The quantitative estimate of drug-likeness (QED) is 0.729. The zero-order valence-electron chi connectivity index (χ0n) is 13.7. The lowest BCUT2D eigenvalue weighted by Gasteiger charge is -2.34. The van der Waals surface area contributed by atoms with Gasteiger partial charge in [-0.2, -0.15) is 12.6 Å². The third-order valence-electron chi connectivity index (χ3n) is 4.01. The molecule has 0 amide bonds. The van der Waals surface area contributed by atoms with Gasteiger partial charge in [-0.25, -0.2) is 15.0 Å². The summed E-state index contributed by atoms with van der Waals surface area (Å²) in [6, 6.07) is 8.45. The molecule has 1 fully saturated rings. The van der Waals surface area contributed by atoms with Gasteiger partial charge in [-0.15, -0.1) is 11.3 Å². The van der Waals surface area contributed by atoms with Gasteiger partial charge in [0.2, 0.25) is 5.95 Å². The van der Waals surface area contributed by atoms with E-state index in [0.29, 0.717) is 0 Å². The molecule has 24 heavy (non-hydrogen) atoms. The van der Waals surface area contributed by atoms with Crippen LogP contribution < -0.4 is 4.90 Å². The van der Waals surface area contributed by atoms with Gasteiger partial charge in [-0.3, -0.25) is 4.90 Å². The average Bonchev–Trinajstić information content (AvgIpc) is 3.13. The molecule has 3 heterocycles. The standard InChI is InChI=1S/C16H17N5S.CH4S/c1-4-17-16(18-5-1)21-8-6-20(7-9-21)11-13-2-3-15-14(10-13)19-12-22-15;1-2/h1-5,10,12H,6-9,11H2;2H,1H3. The van der Waals surface area contributed by atoms with Crippen LogP contribution in [0.2, 0.25) is 0 Å². The number of fused-ring (bicyclic) bond motifs is 1. The predicted molar refractivity (Wildman–Crippen MR) is 104 cm³/mol. The second kappa shape index (κ2) is 8.41. The van der Waals surface area contributed by atoms with Crippen LogP contribution in [0.1, 0.15) is 5.56 Å². The van der Waals surface area contributed by atoms with Crippen molar-refractivity contribution in [3.63, 3.8) is 0 Å². The summed E-state index contributed by atoms with van der Waals surface area (Å²) in [7, 11) is 0. The van der Waals surface area contributed by atoms with Crippen molar-refractivity contribution in [2.45, 2.75) is 6.54 Å². The Hall–Kier alpha value is -1.70. The first kappa shape index (κ1) is 17.1. The van der Waals surface area contributed by atoms with E-state index < -0.39 is 0 Å². The van der Waals surface area contributed by atoms with Gasteiger partial charge in [0.05, 0.1) is 15.7 Å². The number of piperazine rings is 1. The maximum absolute atomic E-state index is 4.40. The van der Waals surface area contributed by atoms with Gasteiger partial charge in [0.25, 0.3) is 0 Å². The Balaban J connectivity index is 0.000000815. The number of hydrogen-bond acceptors (Lipinski definition) is 7. The van der Waals surface area contributed by atoms with Crippen LogP contribution in [0, 0.1) is 0 Å². The number of thiol groups is 1. The van der Waals surface area contributed by atoms with Crippen LogP contribution in [0.3, 0.4) is 0 Å². The molecule has 0 aliphatic carbocycles. The van der Waals surface area contributed by atoms with Gasteiger partial charge in [0.15, 0.2) is 0 Å². The molecule has 2 aromatic heterocycles. The van der Waals surface area contributed by atoms with E-state index in [0.717, 1.165) is 44.2 Å². The summed E-state index contributed by atoms with van der Waals surface area (Å²) in [6.07, 6.45) is 5.30. The molecule has 4 rings (SSSR count). The third kappa shape index (κ3) is 4.03. The van der Waals surface area contributed by atoms with Gasteiger partial charge < -0.3 is 4.90 Å². The lowest BCUT2D eigenvalue weighted by atomic mass is 10.2. The largest absolute Gasteiger partial charge is 0.338 e. The normalized spacial score (nSPS) is 15.2. The summed E-state index contributed by atoms with van der Waals surface area (Å²) in [4.78, 5) is 17.8. The van der Waals surface area contributed by atoms with E-state index in [1.807, 2.05) is 11.6 Å². The van der Waals surface area contributed by atoms with Gasteiger partial charge in [-0.1, -0.05) is 6.07 Å². The first-order valence-corrected chi connectivity index (χ1v) is 9.67. The second-order valence-electron chi connectivity index (χ2n) is 5.47. The highest BCUT2D eigenvalue weighted by molar-refractivity contribution is 7.79. The van der Waals surface area contributed by atoms with Crippen LogP contribution in [0.5, 0.6) is 0 Å². The van der Waals surface area contributed by atoms with Gasteiger partial charge in [0.1, 0.15) is 0 Å². The molecule has 5 nitrogen and oxygen atoms in total. The molecule has 7 heteroatoms. The first-order valence-electron chi connectivity index (χ1n) is 7.90. The number of benzene rings is 1. The fourth-order valence-corrected chi connectivity index (χ4v) is 3.48. The van der Waals surface area contributed by atoms with E-state index >= 15 is 0 Å². The average molecular weight is 360 g/mol. The maximum atomic E-state index is 4.40. The second-order valence-corrected chi connectivity index (χ2v) is 6.35. The van der Waals surface area contributed by atoms with E-state index in [4.69, 9.17) is 0 Å². The third-order valence-corrected chi connectivity index (χ3v) is 4.82. The highest BCUT2D eigenvalue weighted by Gasteiger charge is 2.18. The highest BCUT2D eigenvalue weighted by Crippen LogP contribution is 2.20. The van der Waals surface area contributed by atoms with Crippen molar-refractivity contribution in [1.29, 1.82) is 0 Å². The highest BCUT2D eigenvalue weighted by atomic mass is 32.1. The summed E-state index contributed by atoms with van der Waals surface area (Å²) in [6.45, 7) is 5.00. The number of nitrogens with zero attached hydrogens (tertiary/aromatic N) is 5. The smallest absolute Gasteiger partial charge is 0.225 e. The molecule has 0 N–H and O–H groups in total. The Morgan fingerprint density at radius 3 is 2.54 bits per heavy atom. The van der Waals surface area contributed by atoms with E-state index in [1.165, 1.54) is 10.3 Å². The summed E-state index contributed by atoms with van der Waals surface area (Å²) in [5.41, 5.74) is 4.36. The minimum absolute atomic E-state index is 0.839. The van der Waals surface area contributed by atoms with Crippen molar-refractivity contribution in [3.8, 4) is 0 Å². The Bertz CT molecular complexity index is 754. The van der Waals surface area contributed by atoms with Crippen molar-refractivity contribution in [2.75, 3.05) is 37.3 Å². The van der Waals surface area contributed by atoms with Crippen LogP contribution in [-0.2, 0) is 6.54 Å². The fraction of sp³-hybridized carbons (Fsp3) is 0.353. The van der Waals surface area contributed by atoms with E-state index in [1.54, 1.807) is 30.0 Å². The molecule has 1 aliphatic heterocycles. The van der Waals surface area contributed by atoms with Crippen molar-refractivity contribution >= 4 is 40.1 Å². The number of hydrogen-bond donors (Lipinski definition) is 1. The van der Waals surface area contributed by atoms with Crippen molar-refractivity contribution in [3.05, 3.63) is 47.7 Å². The SMILES string of the molecule is CS.c1cnc(N2CCN(Cc3ccc4scnc4c3)CC2)nc1. The van der Waals surface area contributed by atoms with Crippen molar-refractivity contribution in [1.82, 2.24) is 19.9 Å². The minimum Gasteiger partial charge on any atom is -0.338 e. The molecule has 126 valence electrons. The molecular formula is C17H21N5S2. The number of anilines is 1. The van der Waals surface area contributed by atoms with Crippen LogP contribution in [-0.4, -0.2) is 52.3 Å². The molecular weight excluding hydrogens is 338 g/mol. The Morgan fingerprint density at radius 2 is 1.79 bits per heavy atom. The summed E-state index contributed by atoms with van der Waals surface area (Å²) < 4.78 is 1.26. The van der Waals surface area contributed by atoms with Gasteiger partial charge in [0, 0.05) is 45.1 Å². The maximum Gasteiger partial charge on any atom is 0.225 e. The van der Waals surface area contributed by atoms with Crippen molar-refractivity contribution in [2.24, 2.45) is 0 Å². The molecule has 1 aromatic carbocycles. The summed E-state index contributed by atoms with van der Waals surface area (Å²) >= 11 is 5.22. The lowest BCUT2D eigenvalue weighted by Crippen LogP contribution is -2.46. The molecule has 1 aliphatic rings. The van der Waals surface area contributed by atoms with Crippen LogP contribution >= 0.6 is 24.0 Å². The van der Waals surface area contributed by atoms with Crippen LogP contribution in [0.25, 0.3) is 10.2 Å². The summed E-state index contributed by atoms with van der Waals surface area (Å²) in [5, 5.41) is 0. The number of aromatic nitrogens is 3. The zero-order valence-corrected chi connectivity index (χ0v) is 15.4. The summed E-state index contributed by atoms with van der Waals surface area (Å²) in [5.74, 6) is 0.839. The monoisotopic (exact) mass is 359 g/mol. The Kier molecular flexibility index (Phi) is 6.01. The lowest BCUT2D eigenvalue weighted by molar-refractivity contribution is 0.249. The topological polar surface area (TPSA) is 45.2 Å². The molecule has 0 atom stereocenters. The number of thiazole rings is 1. The van der Waals surface area contributed by atoms with Gasteiger partial charge in [-0.05, 0) is 30.0 Å². The molecule has 3 aromatic rings. The van der Waals surface area contributed by atoms with Crippen molar-refractivity contribution < 1.29 is 0 Å². The molecule has 0 radical (unpaired) electrons. The predicted octanol–water partition coefficient (Wildman–Crippen LogP) is 2.95. The number of rotatable bonds is 3. The van der Waals surface area contributed by atoms with Crippen LogP contribution in [0.15, 0.2) is 42.2 Å². The van der Waals surface area contributed by atoms with Crippen LogP contribution in [0.4, 0.5) is 5.95 Å². The minimum atomic E-state index is 0.839. The van der Waals surface area contributed by atoms with Gasteiger partial charge >= 0.3 is 0 Å². The molecule has 0 spiro atoms. The van der Waals surface area contributed by atoms with E-state index in [-0.39, 0.29) is 0 Å². The van der Waals surface area contributed by atoms with E-state index in [9.17, 15) is 0 Å². The molecule has 0 unspecified atom stereocenters. The fourth-order valence-electron chi connectivity index (χ4n) is 2.82. The Morgan fingerprint density at radius 1 is 1.04 bits per heavy atom. The molecule has 1 saturated heterocycles.